The zero-order valence-electron chi connectivity index (χ0n) is 19.6. The number of fused-ring (bicyclic) bond motifs is 1. The Morgan fingerprint density at radius 2 is 1.82 bits per heavy atom. The Morgan fingerprint density at radius 3 is 2.64 bits per heavy atom. The molecule has 0 bridgehead atoms. The van der Waals surface area contributed by atoms with Crippen molar-refractivity contribution in [1.82, 2.24) is 24.8 Å². The van der Waals surface area contributed by atoms with Gasteiger partial charge in [-0.15, -0.1) is 0 Å². The van der Waals surface area contributed by atoms with Crippen LogP contribution in [0.2, 0.25) is 0 Å². The van der Waals surface area contributed by atoms with E-state index in [0.717, 1.165) is 54.2 Å². The molecular formula is C27H30N6. The minimum absolute atomic E-state index is 0.415. The number of hydrogen-bond donors (Lipinski definition) is 0. The fraction of sp³-hybridized carbons (Fsp3) is 0.333. The number of aryl methyl sites for hydroxylation is 1. The Balaban J connectivity index is 1.40. The molecule has 0 spiro atoms. The van der Waals surface area contributed by atoms with Gasteiger partial charge in [-0.1, -0.05) is 18.2 Å². The monoisotopic (exact) mass is 438 g/mol. The summed E-state index contributed by atoms with van der Waals surface area (Å²) in [4.78, 5) is 22.9. The Kier molecular flexibility index (Phi) is 6.01. The van der Waals surface area contributed by atoms with Crippen molar-refractivity contribution in [3.63, 3.8) is 0 Å². The first-order chi connectivity index (χ1) is 16.1. The smallest absolute Gasteiger partial charge is 0.133 e. The number of para-hydroxylation sites is 1. The van der Waals surface area contributed by atoms with E-state index in [1.165, 1.54) is 23.1 Å². The van der Waals surface area contributed by atoms with Gasteiger partial charge in [-0.05, 0) is 56.1 Å². The summed E-state index contributed by atoms with van der Waals surface area (Å²) < 4.78 is 0. The van der Waals surface area contributed by atoms with Crippen molar-refractivity contribution in [2.45, 2.75) is 32.2 Å². The molecule has 5 rings (SSSR count). The minimum atomic E-state index is 0.415. The molecule has 1 atom stereocenters. The first-order valence-corrected chi connectivity index (χ1v) is 11.6. The van der Waals surface area contributed by atoms with Crippen LogP contribution < -0.4 is 4.90 Å². The highest BCUT2D eigenvalue weighted by molar-refractivity contribution is 5.81. The number of anilines is 1. The van der Waals surface area contributed by atoms with Gasteiger partial charge in [0.15, 0.2) is 0 Å². The van der Waals surface area contributed by atoms with Crippen molar-refractivity contribution >= 4 is 16.7 Å². The zero-order chi connectivity index (χ0) is 22.8. The van der Waals surface area contributed by atoms with Crippen molar-refractivity contribution in [3.05, 3.63) is 78.1 Å². The van der Waals surface area contributed by atoms with Gasteiger partial charge < -0.3 is 4.90 Å². The lowest BCUT2D eigenvalue weighted by Crippen LogP contribution is -2.34. The molecule has 6 heteroatoms. The molecule has 1 aliphatic heterocycles. The number of nitrogens with zero attached hydrogens (tertiary/aromatic N) is 6. The average molecular weight is 439 g/mol. The molecule has 33 heavy (non-hydrogen) atoms. The number of likely N-dealkylation sites (tertiary alicyclic amines) is 1. The van der Waals surface area contributed by atoms with Gasteiger partial charge in [0.05, 0.1) is 5.52 Å². The van der Waals surface area contributed by atoms with Gasteiger partial charge in [-0.3, -0.25) is 9.88 Å². The van der Waals surface area contributed by atoms with Crippen LogP contribution in [0.25, 0.3) is 22.0 Å². The van der Waals surface area contributed by atoms with E-state index in [0.29, 0.717) is 5.92 Å². The van der Waals surface area contributed by atoms with Crippen molar-refractivity contribution in [3.8, 4) is 11.1 Å². The van der Waals surface area contributed by atoms with E-state index >= 15 is 0 Å². The SMILES string of the molecule is Cc1cc(-c2cncnc2)cc([C@H]2CCCN(Cc3cc4ccccc4nc3N(C)C)C2)n1. The summed E-state index contributed by atoms with van der Waals surface area (Å²) in [7, 11) is 4.15. The molecule has 6 nitrogen and oxygen atoms in total. The summed E-state index contributed by atoms with van der Waals surface area (Å²) in [5, 5.41) is 1.20. The average Bonchev–Trinajstić information content (AvgIpc) is 2.84. The van der Waals surface area contributed by atoms with Gasteiger partial charge in [-0.25, -0.2) is 15.0 Å². The molecule has 168 valence electrons. The first kappa shape index (κ1) is 21.5. The molecule has 0 N–H and O–H groups in total. The maximum atomic E-state index is 4.95. The van der Waals surface area contributed by atoms with E-state index in [9.17, 15) is 0 Å². The number of aromatic nitrogens is 4. The van der Waals surface area contributed by atoms with Gasteiger partial charge in [0.2, 0.25) is 0 Å². The molecule has 0 aliphatic carbocycles. The van der Waals surface area contributed by atoms with E-state index in [1.807, 2.05) is 18.5 Å². The third-order valence-corrected chi connectivity index (χ3v) is 6.39. The largest absolute Gasteiger partial charge is 0.362 e. The molecule has 0 amide bonds. The molecule has 1 aliphatic rings. The Bertz CT molecular complexity index is 1250. The second kappa shape index (κ2) is 9.24. The summed E-state index contributed by atoms with van der Waals surface area (Å²) >= 11 is 0. The molecule has 3 aromatic heterocycles. The lowest BCUT2D eigenvalue weighted by atomic mass is 9.92. The lowest BCUT2D eigenvalue weighted by molar-refractivity contribution is 0.198. The van der Waals surface area contributed by atoms with Gasteiger partial charge in [0.25, 0.3) is 0 Å². The summed E-state index contributed by atoms with van der Waals surface area (Å²) in [6.45, 7) is 5.07. The predicted octanol–water partition coefficient (Wildman–Crippen LogP) is 4.84. The standard InChI is InChI=1S/C27H30N6/c1-19-11-22(24-14-28-18-29-15-24)13-26(30-19)21-8-6-10-33(16-21)17-23-12-20-7-4-5-9-25(20)31-27(23)32(2)3/h4-5,7,9,11-15,18,21H,6,8,10,16-17H2,1-3H3/t21-/m0/s1. The van der Waals surface area contributed by atoms with Crippen LogP contribution in [-0.4, -0.2) is 52.0 Å². The van der Waals surface area contributed by atoms with Crippen molar-refractivity contribution < 1.29 is 0 Å². The highest BCUT2D eigenvalue weighted by atomic mass is 15.2. The molecule has 1 saturated heterocycles. The predicted molar refractivity (Wildman–Crippen MR) is 133 cm³/mol. The third kappa shape index (κ3) is 4.71. The number of hydrogen-bond acceptors (Lipinski definition) is 6. The summed E-state index contributed by atoms with van der Waals surface area (Å²) in [6, 6.07) is 15.0. The normalized spacial score (nSPS) is 16.8. The van der Waals surface area contributed by atoms with Gasteiger partial charge in [-0.2, -0.15) is 0 Å². The van der Waals surface area contributed by atoms with Crippen LogP contribution in [0.15, 0.2) is 61.2 Å². The summed E-state index contributed by atoms with van der Waals surface area (Å²) in [5.41, 5.74) is 6.71. The Morgan fingerprint density at radius 1 is 1.00 bits per heavy atom. The summed E-state index contributed by atoms with van der Waals surface area (Å²) in [6.07, 6.45) is 7.64. The van der Waals surface area contributed by atoms with Crippen molar-refractivity contribution in [2.75, 3.05) is 32.1 Å². The quantitative estimate of drug-likeness (QED) is 0.444. The molecular weight excluding hydrogens is 408 g/mol. The Hall–Kier alpha value is -3.38. The zero-order valence-corrected chi connectivity index (χ0v) is 19.6. The van der Waals surface area contributed by atoms with Crippen LogP contribution in [0.4, 0.5) is 5.82 Å². The van der Waals surface area contributed by atoms with Crippen LogP contribution in [-0.2, 0) is 6.54 Å². The highest BCUT2D eigenvalue weighted by Gasteiger charge is 2.24. The molecule has 0 radical (unpaired) electrons. The number of benzene rings is 1. The van der Waals surface area contributed by atoms with Crippen molar-refractivity contribution in [1.29, 1.82) is 0 Å². The first-order valence-electron chi connectivity index (χ1n) is 11.6. The third-order valence-electron chi connectivity index (χ3n) is 6.39. The molecule has 0 saturated carbocycles. The fourth-order valence-corrected chi connectivity index (χ4v) is 4.85. The van der Waals surface area contributed by atoms with Crippen LogP contribution in [0.3, 0.4) is 0 Å². The summed E-state index contributed by atoms with van der Waals surface area (Å²) in [5.74, 6) is 1.47. The highest BCUT2D eigenvalue weighted by Crippen LogP contribution is 2.31. The second-order valence-electron chi connectivity index (χ2n) is 9.18. The van der Waals surface area contributed by atoms with Crippen LogP contribution in [0, 0.1) is 6.92 Å². The van der Waals surface area contributed by atoms with E-state index in [4.69, 9.17) is 9.97 Å². The van der Waals surface area contributed by atoms with Crippen LogP contribution >= 0.6 is 0 Å². The second-order valence-corrected chi connectivity index (χ2v) is 9.18. The van der Waals surface area contributed by atoms with Gasteiger partial charge in [0.1, 0.15) is 12.1 Å². The minimum Gasteiger partial charge on any atom is -0.362 e. The Labute approximate surface area is 195 Å². The van der Waals surface area contributed by atoms with E-state index in [1.54, 1.807) is 6.33 Å². The van der Waals surface area contributed by atoms with Gasteiger partial charge >= 0.3 is 0 Å². The van der Waals surface area contributed by atoms with Gasteiger partial charge in [0, 0.05) is 73.4 Å². The fourth-order valence-electron chi connectivity index (χ4n) is 4.85. The van der Waals surface area contributed by atoms with Crippen LogP contribution in [0.1, 0.15) is 35.7 Å². The molecule has 0 unspecified atom stereocenters. The molecule has 1 aromatic carbocycles. The maximum absolute atomic E-state index is 4.95. The number of pyridine rings is 2. The van der Waals surface area contributed by atoms with Crippen molar-refractivity contribution in [2.24, 2.45) is 0 Å². The number of rotatable bonds is 5. The maximum Gasteiger partial charge on any atom is 0.133 e. The van der Waals surface area contributed by atoms with Crippen LogP contribution in [0.5, 0.6) is 0 Å². The molecule has 1 fully saturated rings. The lowest BCUT2D eigenvalue weighted by Gasteiger charge is -2.33. The number of piperidine rings is 1. The molecule has 4 heterocycles. The van der Waals surface area contributed by atoms with E-state index < -0.39 is 0 Å². The molecule has 4 aromatic rings. The van der Waals surface area contributed by atoms with E-state index in [2.05, 4.69) is 77.2 Å². The van der Waals surface area contributed by atoms with E-state index in [-0.39, 0.29) is 0 Å². The topological polar surface area (TPSA) is 58.0 Å².